The van der Waals surface area contributed by atoms with Gasteiger partial charge in [0.05, 0.1) is 17.3 Å². The fraction of sp³-hybridized carbons (Fsp3) is 0.422. The number of carbonyl (C=O) groups is 2. The van der Waals surface area contributed by atoms with Gasteiger partial charge in [-0.05, 0) is 130 Å². The average molecular weight is 742 g/mol. The maximum atomic E-state index is 13.8. The van der Waals surface area contributed by atoms with E-state index in [1.807, 2.05) is 29.9 Å². The third-order valence-corrected chi connectivity index (χ3v) is 11.1. The molecule has 7 rings (SSSR count). The molecule has 0 aliphatic carbocycles. The summed E-state index contributed by atoms with van der Waals surface area (Å²) in [5.74, 6) is -0.464. The Morgan fingerprint density at radius 3 is 2.33 bits per heavy atom. The molecule has 2 saturated heterocycles. The third-order valence-electron chi connectivity index (χ3n) is 11.1. The van der Waals surface area contributed by atoms with Crippen molar-refractivity contribution in [2.45, 2.75) is 98.4 Å². The summed E-state index contributed by atoms with van der Waals surface area (Å²) in [5.41, 5.74) is 11.4. The molecule has 0 unspecified atom stereocenters. The van der Waals surface area contributed by atoms with E-state index >= 15 is 0 Å². The molecule has 10 heteroatoms. The highest BCUT2D eigenvalue weighted by molar-refractivity contribution is 6.00. The molecule has 2 fully saturated rings. The molecule has 0 radical (unpaired) electrons. The molecule has 55 heavy (non-hydrogen) atoms. The topological polar surface area (TPSA) is 113 Å². The van der Waals surface area contributed by atoms with Crippen molar-refractivity contribution in [2.24, 2.45) is 0 Å². The van der Waals surface area contributed by atoms with Gasteiger partial charge in [-0.25, -0.2) is 9.67 Å². The number of rotatable bonds is 13. The molecular formula is C45H55N7O3. The second-order valence-corrected chi connectivity index (χ2v) is 15.1. The van der Waals surface area contributed by atoms with Gasteiger partial charge < -0.3 is 20.7 Å². The molecule has 5 aromatic rings. The van der Waals surface area contributed by atoms with Gasteiger partial charge in [0.2, 0.25) is 0 Å². The standard InChI is InChI=1S/C45H55N7O3/c1-5-41-39(42(49-37-15-19-55-20-16-37)40-28-48-52(6-2)43(40)50-41)27-47-45(54)36-22-30(3)21-35(25-36)44(53)46-26-32-14-13-31(4)38(24-32)34-12-10-11-33(23-34)29-51-17-8-7-9-18-51/h10-14,21-25,28,37H,5-9,15-20,26-27,29H2,1-4H3,(H,46,53)(H,47,54)(H,49,50). The van der Waals surface area contributed by atoms with Gasteiger partial charge in [-0.3, -0.25) is 14.5 Å². The van der Waals surface area contributed by atoms with Crippen molar-refractivity contribution < 1.29 is 14.3 Å². The number of benzene rings is 3. The number of hydrogen-bond acceptors (Lipinski definition) is 7. The van der Waals surface area contributed by atoms with Crippen LogP contribution in [-0.2, 0) is 37.3 Å². The Morgan fingerprint density at radius 2 is 1.60 bits per heavy atom. The largest absolute Gasteiger partial charge is 0.381 e. The number of carbonyl (C=O) groups excluding carboxylic acids is 2. The highest BCUT2D eigenvalue weighted by atomic mass is 16.5. The smallest absolute Gasteiger partial charge is 0.251 e. The van der Waals surface area contributed by atoms with Gasteiger partial charge in [0.15, 0.2) is 5.65 Å². The number of nitrogens with zero attached hydrogens (tertiary/aromatic N) is 4. The Balaban J connectivity index is 1.04. The summed E-state index contributed by atoms with van der Waals surface area (Å²) in [6.45, 7) is 14.3. The molecule has 2 aliphatic heterocycles. The summed E-state index contributed by atoms with van der Waals surface area (Å²) >= 11 is 0. The van der Waals surface area contributed by atoms with Crippen molar-refractivity contribution in [3.63, 3.8) is 0 Å². The van der Waals surface area contributed by atoms with E-state index in [2.05, 4.69) is 89.2 Å². The maximum absolute atomic E-state index is 13.8. The van der Waals surface area contributed by atoms with E-state index < -0.39 is 0 Å². The van der Waals surface area contributed by atoms with Gasteiger partial charge in [0.1, 0.15) is 0 Å². The van der Waals surface area contributed by atoms with Crippen LogP contribution in [-0.4, -0.2) is 63.8 Å². The van der Waals surface area contributed by atoms with Crippen LogP contribution in [0.4, 0.5) is 5.69 Å². The van der Waals surface area contributed by atoms with E-state index in [9.17, 15) is 9.59 Å². The lowest BCUT2D eigenvalue weighted by Gasteiger charge is -2.26. The third kappa shape index (κ3) is 9.09. The summed E-state index contributed by atoms with van der Waals surface area (Å²) in [6.07, 6.45) is 8.29. The first-order valence-corrected chi connectivity index (χ1v) is 20.1. The Kier molecular flexibility index (Phi) is 12.2. The van der Waals surface area contributed by atoms with E-state index in [1.54, 1.807) is 6.07 Å². The van der Waals surface area contributed by atoms with Gasteiger partial charge in [0.25, 0.3) is 11.8 Å². The quantitative estimate of drug-likeness (QED) is 0.113. The van der Waals surface area contributed by atoms with Crippen molar-refractivity contribution in [3.8, 4) is 11.1 Å². The lowest BCUT2D eigenvalue weighted by molar-refractivity contribution is 0.0904. The van der Waals surface area contributed by atoms with Crippen LogP contribution in [0.1, 0.15) is 100 Å². The second-order valence-electron chi connectivity index (χ2n) is 15.1. The summed E-state index contributed by atoms with van der Waals surface area (Å²) in [6, 6.07) is 20.8. The van der Waals surface area contributed by atoms with Crippen LogP contribution < -0.4 is 16.0 Å². The molecule has 0 atom stereocenters. The number of amides is 2. The van der Waals surface area contributed by atoms with Gasteiger partial charge in [-0.15, -0.1) is 0 Å². The Labute approximate surface area is 325 Å². The van der Waals surface area contributed by atoms with Crippen LogP contribution in [0.25, 0.3) is 22.2 Å². The van der Waals surface area contributed by atoms with Crippen molar-refractivity contribution in [1.82, 2.24) is 30.3 Å². The van der Waals surface area contributed by atoms with E-state index in [0.29, 0.717) is 30.6 Å². The van der Waals surface area contributed by atoms with Crippen molar-refractivity contribution in [1.29, 1.82) is 0 Å². The van der Waals surface area contributed by atoms with Gasteiger partial charge in [-0.2, -0.15) is 5.10 Å². The number of likely N-dealkylation sites (tertiary alicyclic amines) is 1. The number of fused-ring (bicyclic) bond motifs is 1. The molecule has 10 nitrogen and oxygen atoms in total. The Morgan fingerprint density at radius 1 is 0.855 bits per heavy atom. The number of piperidine rings is 1. The minimum absolute atomic E-state index is 0.220. The lowest BCUT2D eigenvalue weighted by Crippen LogP contribution is -2.30. The molecule has 0 bridgehead atoms. The maximum Gasteiger partial charge on any atom is 0.251 e. The van der Waals surface area contributed by atoms with E-state index in [4.69, 9.17) is 9.72 Å². The number of aryl methyl sites for hydroxylation is 4. The predicted octanol–water partition coefficient (Wildman–Crippen LogP) is 7.73. The zero-order chi connectivity index (χ0) is 38.3. The number of pyridine rings is 1. The van der Waals surface area contributed by atoms with Crippen LogP contribution in [0.15, 0.2) is 66.9 Å². The zero-order valence-corrected chi connectivity index (χ0v) is 32.8. The molecule has 3 N–H and O–H groups in total. The van der Waals surface area contributed by atoms with Gasteiger partial charge in [-0.1, -0.05) is 43.7 Å². The predicted molar refractivity (Wildman–Crippen MR) is 219 cm³/mol. The van der Waals surface area contributed by atoms with Crippen LogP contribution in [0, 0.1) is 13.8 Å². The monoisotopic (exact) mass is 741 g/mol. The van der Waals surface area contributed by atoms with Crippen LogP contribution in [0.5, 0.6) is 0 Å². The molecule has 0 saturated carbocycles. The summed E-state index contributed by atoms with van der Waals surface area (Å²) < 4.78 is 7.53. The van der Waals surface area contributed by atoms with Crippen LogP contribution >= 0.6 is 0 Å². The average Bonchev–Trinajstić information content (AvgIpc) is 3.63. The molecule has 3 aromatic carbocycles. The normalized spacial score (nSPS) is 15.3. The minimum atomic E-state index is -0.244. The van der Waals surface area contributed by atoms with Crippen molar-refractivity contribution >= 4 is 28.5 Å². The first-order chi connectivity index (χ1) is 26.8. The first-order valence-electron chi connectivity index (χ1n) is 20.1. The fourth-order valence-electron chi connectivity index (χ4n) is 8.00. The number of ether oxygens (including phenoxy) is 1. The Bertz CT molecular complexity index is 2150. The molecular weight excluding hydrogens is 687 g/mol. The van der Waals surface area contributed by atoms with E-state index in [1.165, 1.54) is 54.6 Å². The van der Waals surface area contributed by atoms with E-state index in [-0.39, 0.29) is 17.9 Å². The highest BCUT2D eigenvalue weighted by Crippen LogP contribution is 2.32. The van der Waals surface area contributed by atoms with Crippen molar-refractivity contribution in [2.75, 3.05) is 31.6 Å². The number of anilines is 1. The first kappa shape index (κ1) is 38.2. The highest BCUT2D eigenvalue weighted by Gasteiger charge is 2.23. The van der Waals surface area contributed by atoms with Crippen molar-refractivity contribution in [3.05, 3.63) is 111 Å². The molecule has 2 aromatic heterocycles. The zero-order valence-electron chi connectivity index (χ0n) is 32.8. The van der Waals surface area contributed by atoms with Crippen LogP contribution in [0.2, 0.25) is 0 Å². The van der Waals surface area contributed by atoms with Gasteiger partial charge >= 0.3 is 0 Å². The van der Waals surface area contributed by atoms with Crippen LogP contribution in [0.3, 0.4) is 0 Å². The second kappa shape index (κ2) is 17.6. The van der Waals surface area contributed by atoms with E-state index in [0.717, 1.165) is 78.2 Å². The molecule has 4 heterocycles. The minimum Gasteiger partial charge on any atom is -0.381 e. The van der Waals surface area contributed by atoms with Gasteiger partial charge in [0, 0.05) is 67.8 Å². The number of nitrogens with one attached hydrogen (secondary N) is 3. The lowest BCUT2D eigenvalue weighted by atomic mass is 9.96. The number of aromatic nitrogens is 3. The SMILES string of the molecule is CCc1nc2c(cnn2CC)c(NC2CCOCC2)c1CNC(=O)c1cc(C)cc(C(=O)NCc2ccc(C)c(-c3cccc(CN4CCCCC4)c3)c2)c1. The fourth-order valence-corrected chi connectivity index (χ4v) is 8.00. The molecule has 0 spiro atoms. The summed E-state index contributed by atoms with van der Waals surface area (Å²) in [4.78, 5) is 34.9. The summed E-state index contributed by atoms with van der Waals surface area (Å²) in [7, 11) is 0. The summed E-state index contributed by atoms with van der Waals surface area (Å²) in [5, 5.41) is 15.6. The molecule has 2 amide bonds. The Hall–Kier alpha value is -5.06. The number of hydrogen-bond donors (Lipinski definition) is 3. The molecule has 2 aliphatic rings. The molecule has 288 valence electrons.